The molecule has 0 atom stereocenters. The molecule has 2 amide bonds. The van der Waals surface area contributed by atoms with Crippen molar-refractivity contribution >= 4 is 17.7 Å². The third kappa shape index (κ3) is 5.43. The van der Waals surface area contributed by atoms with Crippen molar-refractivity contribution in [2.45, 2.75) is 19.8 Å². The van der Waals surface area contributed by atoms with Gasteiger partial charge in [0.25, 0.3) is 0 Å². The van der Waals surface area contributed by atoms with Gasteiger partial charge in [-0.2, -0.15) is 0 Å². The Hall–Kier alpha value is -2.12. The molecule has 0 aliphatic carbocycles. The van der Waals surface area contributed by atoms with E-state index in [0.717, 1.165) is 58.8 Å². The lowest BCUT2D eigenvalue weighted by molar-refractivity contribution is 0.0260. The number of nitrogens with zero attached hydrogens (tertiary/aromatic N) is 2. The zero-order valence-corrected chi connectivity index (χ0v) is 16.0. The van der Waals surface area contributed by atoms with Gasteiger partial charge < -0.3 is 19.7 Å². The highest BCUT2D eigenvalue weighted by atomic mass is 16.5. The van der Waals surface area contributed by atoms with Crippen LogP contribution in [0.4, 0.5) is 10.5 Å². The Morgan fingerprint density at radius 1 is 1.15 bits per heavy atom. The summed E-state index contributed by atoms with van der Waals surface area (Å²) in [7, 11) is 0. The van der Waals surface area contributed by atoms with Gasteiger partial charge in [-0.15, -0.1) is 0 Å². The topological polar surface area (TPSA) is 71.1 Å². The van der Waals surface area contributed by atoms with Gasteiger partial charge in [0, 0.05) is 32.7 Å². The number of likely N-dealkylation sites (tertiary alicyclic amines) is 1. The Morgan fingerprint density at radius 3 is 2.56 bits per heavy atom. The fourth-order valence-corrected chi connectivity index (χ4v) is 3.64. The molecule has 1 aromatic rings. The minimum atomic E-state index is -0.419. The molecule has 2 aliphatic rings. The minimum Gasteiger partial charge on any atom is -0.462 e. The fourth-order valence-electron chi connectivity index (χ4n) is 3.64. The van der Waals surface area contributed by atoms with Crippen LogP contribution in [0.1, 0.15) is 30.1 Å². The van der Waals surface area contributed by atoms with Gasteiger partial charge in [-0.25, -0.2) is 9.59 Å². The first-order valence-corrected chi connectivity index (χ1v) is 9.79. The number of urea groups is 1. The Balaban J connectivity index is 1.50. The smallest absolute Gasteiger partial charge is 0.340 e. The number of morpholine rings is 1. The summed E-state index contributed by atoms with van der Waals surface area (Å²) in [6.45, 7) is 8.28. The van der Waals surface area contributed by atoms with E-state index in [1.807, 2.05) is 4.90 Å². The molecular formula is C20H29N3O4. The fraction of sp³-hybridized carbons (Fsp3) is 0.600. The zero-order chi connectivity index (χ0) is 19.1. The molecular weight excluding hydrogens is 346 g/mol. The lowest BCUT2D eigenvalue weighted by Crippen LogP contribution is -2.45. The summed E-state index contributed by atoms with van der Waals surface area (Å²) < 4.78 is 10.5. The summed E-state index contributed by atoms with van der Waals surface area (Å²) >= 11 is 0. The molecule has 2 fully saturated rings. The number of para-hydroxylation sites is 1. The number of benzene rings is 1. The number of ether oxygens (including phenoxy) is 2. The maximum atomic E-state index is 12.6. The first-order chi connectivity index (χ1) is 13.2. The number of hydrogen-bond acceptors (Lipinski definition) is 5. The molecule has 7 nitrogen and oxygen atoms in total. The maximum Gasteiger partial charge on any atom is 0.340 e. The van der Waals surface area contributed by atoms with Crippen molar-refractivity contribution in [3.63, 3.8) is 0 Å². The van der Waals surface area contributed by atoms with Gasteiger partial charge in [-0.1, -0.05) is 12.1 Å². The standard InChI is InChI=1S/C20H29N3O4/c1-2-27-19(24)17-5-3-4-6-18(17)21-20(25)23-9-7-16(8-10-23)15-22-11-13-26-14-12-22/h3-6,16H,2,7-15H2,1H3,(H,21,25). The minimum absolute atomic E-state index is 0.156. The quantitative estimate of drug-likeness (QED) is 0.801. The van der Waals surface area contributed by atoms with Crippen LogP contribution in [0.15, 0.2) is 24.3 Å². The summed E-state index contributed by atoms with van der Waals surface area (Å²) in [5, 5.41) is 2.87. The molecule has 2 saturated heterocycles. The van der Waals surface area contributed by atoms with Crippen LogP contribution in [0.3, 0.4) is 0 Å². The Bertz CT molecular complexity index is 638. The van der Waals surface area contributed by atoms with Crippen molar-refractivity contribution in [2.24, 2.45) is 5.92 Å². The number of piperidine rings is 1. The molecule has 0 spiro atoms. The molecule has 0 aromatic heterocycles. The van der Waals surface area contributed by atoms with Gasteiger partial charge in [0.15, 0.2) is 0 Å². The van der Waals surface area contributed by atoms with E-state index in [9.17, 15) is 9.59 Å². The molecule has 0 unspecified atom stereocenters. The van der Waals surface area contributed by atoms with Crippen LogP contribution in [0.25, 0.3) is 0 Å². The van der Waals surface area contributed by atoms with Crippen LogP contribution < -0.4 is 5.32 Å². The summed E-state index contributed by atoms with van der Waals surface area (Å²) in [6, 6.07) is 6.81. The van der Waals surface area contributed by atoms with E-state index >= 15 is 0 Å². The van der Waals surface area contributed by atoms with Crippen molar-refractivity contribution in [3.05, 3.63) is 29.8 Å². The normalized spacial score (nSPS) is 18.9. The van der Waals surface area contributed by atoms with Crippen LogP contribution in [0.5, 0.6) is 0 Å². The number of esters is 1. The lowest BCUT2D eigenvalue weighted by Gasteiger charge is -2.36. The van der Waals surface area contributed by atoms with Gasteiger partial charge in [0.05, 0.1) is 31.1 Å². The van der Waals surface area contributed by atoms with Crippen molar-refractivity contribution in [1.82, 2.24) is 9.80 Å². The summed E-state index contributed by atoms with van der Waals surface area (Å²) in [5.41, 5.74) is 0.881. The first kappa shape index (κ1) is 19.6. The largest absolute Gasteiger partial charge is 0.462 e. The first-order valence-electron chi connectivity index (χ1n) is 9.79. The van der Waals surface area contributed by atoms with Crippen LogP contribution in [-0.4, -0.2) is 74.3 Å². The molecule has 148 valence electrons. The maximum absolute atomic E-state index is 12.6. The molecule has 1 aromatic carbocycles. The SMILES string of the molecule is CCOC(=O)c1ccccc1NC(=O)N1CCC(CN2CCOCC2)CC1. The van der Waals surface area contributed by atoms with E-state index in [1.54, 1.807) is 31.2 Å². The van der Waals surface area contributed by atoms with E-state index in [0.29, 0.717) is 23.8 Å². The van der Waals surface area contributed by atoms with Gasteiger partial charge in [0.2, 0.25) is 0 Å². The molecule has 0 saturated carbocycles. The number of hydrogen-bond donors (Lipinski definition) is 1. The van der Waals surface area contributed by atoms with Gasteiger partial charge in [-0.3, -0.25) is 4.90 Å². The van der Waals surface area contributed by atoms with E-state index in [-0.39, 0.29) is 6.03 Å². The number of nitrogens with one attached hydrogen (secondary N) is 1. The molecule has 7 heteroatoms. The second-order valence-corrected chi connectivity index (χ2v) is 7.04. The second-order valence-electron chi connectivity index (χ2n) is 7.04. The van der Waals surface area contributed by atoms with Crippen molar-refractivity contribution in [3.8, 4) is 0 Å². The number of carbonyl (C=O) groups excluding carboxylic acids is 2. The molecule has 1 N–H and O–H groups in total. The molecule has 2 aliphatic heterocycles. The number of rotatable bonds is 5. The number of anilines is 1. The average Bonchev–Trinajstić information content (AvgIpc) is 2.70. The van der Waals surface area contributed by atoms with E-state index in [4.69, 9.17) is 9.47 Å². The van der Waals surface area contributed by atoms with Crippen molar-refractivity contribution < 1.29 is 19.1 Å². The van der Waals surface area contributed by atoms with Gasteiger partial charge in [0.1, 0.15) is 0 Å². The zero-order valence-electron chi connectivity index (χ0n) is 16.0. The Morgan fingerprint density at radius 2 is 1.85 bits per heavy atom. The highest BCUT2D eigenvalue weighted by molar-refractivity contribution is 6.00. The number of amides is 2. The summed E-state index contributed by atoms with van der Waals surface area (Å²) in [5.74, 6) is 0.205. The Labute approximate surface area is 160 Å². The second kappa shape index (κ2) is 9.71. The monoisotopic (exact) mass is 375 g/mol. The number of carbonyl (C=O) groups is 2. The predicted molar refractivity (Wildman–Crippen MR) is 103 cm³/mol. The lowest BCUT2D eigenvalue weighted by atomic mass is 9.96. The summed E-state index contributed by atoms with van der Waals surface area (Å²) in [4.78, 5) is 29.0. The van der Waals surface area contributed by atoms with Crippen LogP contribution in [0, 0.1) is 5.92 Å². The molecule has 0 radical (unpaired) electrons. The molecule has 0 bridgehead atoms. The van der Waals surface area contributed by atoms with E-state index in [1.165, 1.54) is 0 Å². The highest BCUT2D eigenvalue weighted by Crippen LogP contribution is 2.21. The van der Waals surface area contributed by atoms with Crippen LogP contribution in [0.2, 0.25) is 0 Å². The van der Waals surface area contributed by atoms with Crippen molar-refractivity contribution in [2.75, 3.05) is 57.9 Å². The Kier molecular flexibility index (Phi) is 7.06. The third-order valence-corrected chi connectivity index (χ3v) is 5.19. The molecule has 27 heavy (non-hydrogen) atoms. The third-order valence-electron chi connectivity index (χ3n) is 5.19. The average molecular weight is 375 g/mol. The highest BCUT2D eigenvalue weighted by Gasteiger charge is 2.25. The van der Waals surface area contributed by atoms with Gasteiger partial charge >= 0.3 is 12.0 Å². The predicted octanol–water partition coefficient (Wildman–Crippen LogP) is 2.44. The molecule has 2 heterocycles. The van der Waals surface area contributed by atoms with Crippen LogP contribution in [-0.2, 0) is 9.47 Å². The van der Waals surface area contributed by atoms with Crippen LogP contribution >= 0.6 is 0 Å². The van der Waals surface area contributed by atoms with Crippen molar-refractivity contribution in [1.29, 1.82) is 0 Å². The van der Waals surface area contributed by atoms with E-state index < -0.39 is 5.97 Å². The van der Waals surface area contributed by atoms with Gasteiger partial charge in [-0.05, 0) is 37.8 Å². The summed E-state index contributed by atoms with van der Waals surface area (Å²) in [6.07, 6.45) is 2.01. The van der Waals surface area contributed by atoms with E-state index in [2.05, 4.69) is 10.2 Å². The molecule has 3 rings (SSSR count).